The Hall–Kier alpha value is -1.81. The maximum absolute atomic E-state index is 5.85. The first-order valence-corrected chi connectivity index (χ1v) is 7.93. The number of hydrogen-bond acceptors (Lipinski definition) is 4. The van der Waals surface area contributed by atoms with Crippen LogP contribution in [0.4, 0.5) is 0 Å². The first-order chi connectivity index (χ1) is 10.5. The van der Waals surface area contributed by atoms with Crippen molar-refractivity contribution in [2.75, 3.05) is 13.1 Å². The van der Waals surface area contributed by atoms with E-state index in [1.807, 2.05) is 6.07 Å². The van der Waals surface area contributed by atoms with Gasteiger partial charge in [-0.25, -0.2) is 4.98 Å². The SMILES string of the molecule is CC(C)(C)c1cnc(COc2ccc3c(c2)CCNCC3)o1. The zero-order valence-electron chi connectivity index (χ0n) is 13.6. The molecule has 4 nitrogen and oxygen atoms in total. The standard InChI is InChI=1S/C18H24N2O2/c1-18(2,3)16-11-20-17(22-16)12-21-15-5-4-13-6-8-19-9-7-14(13)10-15/h4-5,10-11,19H,6-9,12H2,1-3H3. The smallest absolute Gasteiger partial charge is 0.232 e. The van der Waals surface area contributed by atoms with Crippen LogP contribution in [0.3, 0.4) is 0 Å². The maximum Gasteiger partial charge on any atom is 0.232 e. The lowest BCUT2D eigenvalue weighted by atomic mass is 9.94. The Morgan fingerprint density at radius 2 is 1.95 bits per heavy atom. The second-order valence-electron chi connectivity index (χ2n) is 6.84. The second-order valence-corrected chi connectivity index (χ2v) is 6.84. The summed E-state index contributed by atoms with van der Waals surface area (Å²) in [6.45, 7) is 8.79. The van der Waals surface area contributed by atoms with E-state index in [1.54, 1.807) is 6.20 Å². The third-order valence-corrected chi connectivity index (χ3v) is 3.98. The van der Waals surface area contributed by atoms with Gasteiger partial charge in [0, 0.05) is 5.41 Å². The highest BCUT2D eigenvalue weighted by Gasteiger charge is 2.19. The number of oxazole rings is 1. The molecule has 1 N–H and O–H groups in total. The van der Waals surface area contributed by atoms with Crippen molar-refractivity contribution in [2.45, 2.75) is 45.6 Å². The fourth-order valence-corrected chi connectivity index (χ4v) is 2.61. The van der Waals surface area contributed by atoms with Gasteiger partial charge < -0.3 is 14.5 Å². The molecule has 2 heterocycles. The number of rotatable bonds is 3. The van der Waals surface area contributed by atoms with Crippen LogP contribution >= 0.6 is 0 Å². The lowest BCUT2D eigenvalue weighted by molar-refractivity contribution is 0.251. The van der Waals surface area contributed by atoms with Crippen molar-refractivity contribution in [3.05, 3.63) is 47.2 Å². The molecule has 0 saturated carbocycles. The highest BCUT2D eigenvalue weighted by molar-refractivity contribution is 5.36. The number of aromatic nitrogens is 1. The first-order valence-electron chi connectivity index (χ1n) is 7.93. The van der Waals surface area contributed by atoms with Crippen LogP contribution in [-0.4, -0.2) is 18.1 Å². The van der Waals surface area contributed by atoms with Crippen molar-refractivity contribution in [3.63, 3.8) is 0 Å². The zero-order valence-corrected chi connectivity index (χ0v) is 13.6. The molecule has 1 aromatic carbocycles. The quantitative estimate of drug-likeness (QED) is 0.945. The van der Waals surface area contributed by atoms with E-state index < -0.39 is 0 Å². The fraction of sp³-hybridized carbons (Fsp3) is 0.500. The van der Waals surface area contributed by atoms with Gasteiger partial charge in [0.15, 0.2) is 6.61 Å². The number of benzene rings is 1. The molecule has 0 unspecified atom stereocenters. The summed E-state index contributed by atoms with van der Waals surface area (Å²) in [5.41, 5.74) is 2.77. The molecule has 1 aliphatic heterocycles. The summed E-state index contributed by atoms with van der Waals surface area (Å²) in [7, 11) is 0. The number of hydrogen-bond donors (Lipinski definition) is 1. The molecule has 0 saturated heterocycles. The summed E-state index contributed by atoms with van der Waals surface area (Å²) in [4.78, 5) is 4.30. The normalized spacial score (nSPS) is 15.2. The Morgan fingerprint density at radius 1 is 1.18 bits per heavy atom. The Kier molecular flexibility index (Phi) is 4.21. The summed E-state index contributed by atoms with van der Waals surface area (Å²) < 4.78 is 11.6. The van der Waals surface area contributed by atoms with Crippen LogP contribution in [0.25, 0.3) is 0 Å². The van der Waals surface area contributed by atoms with E-state index in [9.17, 15) is 0 Å². The summed E-state index contributed by atoms with van der Waals surface area (Å²) in [6.07, 6.45) is 3.94. The van der Waals surface area contributed by atoms with Gasteiger partial charge in [-0.05, 0) is 49.2 Å². The molecule has 1 aliphatic rings. The van der Waals surface area contributed by atoms with Crippen LogP contribution in [-0.2, 0) is 24.9 Å². The zero-order chi connectivity index (χ0) is 15.6. The monoisotopic (exact) mass is 300 g/mol. The highest BCUT2D eigenvalue weighted by Crippen LogP contribution is 2.24. The molecule has 0 bridgehead atoms. The summed E-state index contributed by atoms with van der Waals surface area (Å²) in [6, 6.07) is 6.36. The van der Waals surface area contributed by atoms with Crippen molar-refractivity contribution in [1.82, 2.24) is 10.3 Å². The predicted octanol–water partition coefficient (Wildman–Crippen LogP) is 3.24. The van der Waals surface area contributed by atoms with E-state index in [-0.39, 0.29) is 5.41 Å². The van der Waals surface area contributed by atoms with Gasteiger partial charge in [-0.1, -0.05) is 26.8 Å². The molecular formula is C18H24N2O2. The van der Waals surface area contributed by atoms with E-state index in [2.05, 4.69) is 43.2 Å². The maximum atomic E-state index is 5.85. The van der Waals surface area contributed by atoms with E-state index in [0.29, 0.717) is 12.5 Å². The van der Waals surface area contributed by atoms with Gasteiger partial charge >= 0.3 is 0 Å². The molecule has 0 radical (unpaired) electrons. The largest absolute Gasteiger partial charge is 0.484 e. The third kappa shape index (κ3) is 3.50. The highest BCUT2D eigenvalue weighted by atomic mass is 16.5. The van der Waals surface area contributed by atoms with Gasteiger partial charge in [0.05, 0.1) is 6.20 Å². The van der Waals surface area contributed by atoms with Gasteiger partial charge in [0.25, 0.3) is 0 Å². The molecule has 1 aromatic heterocycles. The molecule has 0 atom stereocenters. The van der Waals surface area contributed by atoms with E-state index in [4.69, 9.17) is 9.15 Å². The molecule has 0 spiro atoms. The van der Waals surface area contributed by atoms with Crippen molar-refractivity contribution in [3.8, 4) is 5.75 Å². The Bertz CT molecular complexity index is 641. The van der Waals surface area contributed by atoms with Crippen molar-refractivity contribution < 1.29 is 9.15 Å². The van der Waals surface area contributed by atoms with Crippen molar-refractivity contribution >= 4 is 0 Å². The number of nitrogens with zero attached hydrogens (tertiary/aromatic N) is 1. The molecule has 0 amide bonds. The van der Waals surface area contributed by atoms with Crippen LogP contribution in [0.5, 0.6) is 5.75 Å². The molecule has 2 aromatic rings. The van der Waals surface area contributed by atoms with Gasteiger partial charge in [0.2, 0.25) is 5.89 Å². The van der Waals surface area contributed by atoms with E-state index in [0.717, 1.165) is 37.4 Å². The molecule has 0 aliphatic carbocycles. The van der Waals surface area contributed by atoms with Crippen LogP contribution in [0, 0.1) is 0 Å². The number of nitrogens with one attached hydrogen (secondary N) is 1. The predicted molar refractivity (Wildman–Crippen MR) is 86.3 cm³/mol. The first kappa shape index (κ1) is 15.1. The molecule has 4 heteroatoms. The Balaban J connectivity index is 1.66. The Morgan fingerprint density at radius 3 is 2.68 bits per heavy atom. The average Bonchev–Trinajstić information content (AvgIpc) is 2.84. The Labute approximate surface area is 131 Å². The third-order valence-electron chi connectivity index (χ3n) is 3.98. The molecule has 3 rings (SSSR count). The number of fused-ring (bicyclic) bond motifs is 1. The minimum atomic E-state index is -0.0255. The lowest BCUT2D eigenvalue weighted by Gasteiger charge is -2.13. The topological polar surface area (TPSA) is 47.3 Å². The van der Waals surface area contributed by atoms with Gasteiger partial charge in [0.1, 0.15) is 11.5 Å². The molecular weight excluding hydrogens is 276 g/mol. The van der Waals surface area contributed by atoms with Gasteiger partial charge in [-0.2, -0.15) is 0 Å². The lowest BCUT2D eigenvalue weighted by Crippen LogP contribution is -2.16. The second kappa shape index (κ2) is 6.13. The van der Waals surface area contributed by atoms with E-state index >= 15 is 0 Å². The molecule has 0 fully saturated rings. The van der Waals surface area contributed by atoms with Crippen molar-refractivity contribution in [1.29, 1.82) is 0 Å². The summed E-state index contributed by atoms with van der Waals surface area (Å²) in [5, 5.41) is 3.42. The van der Waals surface area contributed by atoms with Crippen LogP contribution in [0.2, 0.25) is 0 Å². The van der Waals surface area contributed by atoms with Gasteiger partial charge in [-0.3, -0.25) is 0 Å². The number of ether oxygens (including phenoxy) is 1. The van der Waals surface area contributed by atoms with Crippen LogP contribution in [0.1, 0.15) is 43.5 Å². The van der Waals surface area contributed by atoms with Gasteiger partial charge in [-0.15, -0.1) is 0 Å². The van der Waals surface area contributed by atoms with Crippen molar-refractivity contribution in [2.24, 2.45) is 0 Å². The van der Waals surface area contributed by atoms with Crippen LogP contribution in [0.15, 0.2) is 28.8 Å². The minimum absolute atomic E-state index is 0.0255. The fourth-order valence-electron chi connectivity index (χ4n) is 2.61. The van der Waals surface area contributed by atoms with E-state index in [1.165, 1.54) is 11.1 Å². The van der Waals surface area contributed by atoms with Crippen LogP contribution < -0.4 is 10.1 Å². The molecule has 118 valence electrons. The molecule has 22 heavy (non-hydrogen) atoms. The average molecular weight is 300 g/mol. The summed E-state index contributed by atoms with van der Waals surface area (Å²) >= 11 is 0. The summed E-state index contributed by atoms with van der Waals surface area (Å²) in [5.74, 6) is 2.40. The minimum Gasteiger partial charge on any atom is -0.484 e.